The van der Waals surface area contributed by atoms with E-state index in [9.17, 15) is 4.79 Å². The molecule has 3 N–H and O–H groups in total. The summed E-state index contributed by atoms with van der Waals surface area (Å²) in [7, 11) is 0. The lowest BCUT2D eigenvalue weighted by Crippen LogP contribution is -2.32. The average molecular weight is 307 g/mol. The van der Waals surface area contributed by atoms with Gasteiger partial charge in [0.2, 0.25) is 0 Å². The number of nitrogens with one attached hydrogen (secondary N) is 3. The predicted octanol–water partition coefficient (Wildman–Crippen LogP) is 2.46. The fourth-order valence-corrected chi connectivity index (χ4v) is 2.14. The second-order valence-electron chi connectivity index (χ2n) is 4.65. The van der Waals surface area contributed by atoms with Crippen LogP contribution in [0, 0.1) is 0 Å². The largest absolute Gasteiger partial charge is 0.349 e. The van der Waals surface area contributed by atoms with Crippen molar-refractivity contribution in [3.05, 3.63) is 41.0 Å². The number of nitrogens with zero attached hydrogens (tertiary/aromatic N) is 1. The first-order chi connectivity index (χ1) is 10.2. The van der Waals surface area contributed by atoms with Crippen LogP contribution >= 0.6 is 11.6 Å². The third kappa shape index (κ3) is 4.31. The Morgan fingerprint density at radius 2 is 2.10 bits per heavy atom. The lowest BCUT2D eigenvalue weighted by Gasteiger charge is -2.04. The first-order valence-electron chi connectivity index (χ1n) is 7.01. The molecule has 0 spiro atoms. The number of H-pyrrole nitrogens is 1. The number of carbonyl (C=O) groups is 1. The van der Waals surface area contributed by atoms with Gasteiger partial charge in [-0.3, -0.25) is 9.89 Å². The topological polar surface area (TPSA) is 69.8 Å². The summed E-state index contributed by atoms with van der Waals surface area (Å²) < 4.78 is 0. The highest BCUT2D eigenvalue weighted by atomic mass is 35.5. The lowest BCUT2D eigenvalue weighted by molar-refractivity contribution is 0.0949. The van der Waals surface area contributed by atoms with Crippen LogP contribution in [0.1, 0.15) is 23.8 Å². The molecule has 112 valence electrons. The van der Waals surface area contributed by atoms with E-state index < -0.39 is 0 Å². The molecule has 6 heteroatoms. The van der Waals surface area contributed by atoms with Crippen molar-refractivity contribution in [1.29, 1.82) is 0 Å². The molecule has 0 bridgehead atoms. The third-order valence-electron chi connectivity index (χ3n) is 2.99. The van der Waals surface area contributed by atoms with Gasteiger partial charge in [0.15, 0.2) is 0 Å². The van der Waals surface area contributed by atoms with Gasteiger partial charge in [0.05, 0.1) is 10.7 Å². The van der Waals surface area contributed by atoms with Crippen molar-refractivity contribution in [3.8, 4) is 11.3 Å². The van der Waals surface area contributed by atoms with Crippen molar-refractivity contribution < 1.29 is 4.79 Å². The number of halogens is 1. The standard InChI is InChI=1S/C15H19ClN4O/c1-2-7-17-8-9-18-15(21)14-10-13(19-20-14)11-5-3-4-6-12(11)16/h3-6,10,17H,2,7-9H2,1H3,(H,18,21)(H,19,20). The minimum Gasteiger partial charge on any atom is -0.349 e. The molecule has 2 rings (SSSR count). The number of hydrogen-bond donors (Lipinski definition) is 3. The van der Waals surface area contributed by atoms with Gasteiger partial charge in [0.1, 0.15) is 5.69 Å². The second-order valence-corrected chi connectivity index (χ2v) is 5.06. The van der Waals surface area contributed by atoms with Crippen molar-refractivity contribution in [2.75, 3.05) is 19.6 Å². The molecule has 1 heterocycles. The van der Waals surface area contributed by atoms with Crippen LogP contribution in [0.15, 0.2) is 30.3 Å². The summed E-state index contributed by atoms with van der Waals surface area (Å²) >= 11 is 6.12. The van der Waals surface area contributed by atoms with E-state index in [1.54, 1.807) is 12.1 Å². The molecule has 0 fully saturated rings. The highest BCUT2D eigenvalue weighted by Crippen LogP contribution is 2.26. The zero-order valence-corrected chi connectivity index (χ0v) is 12.7. The maximum Gasteiger partial charge on any atom is 0.269 e. The van der Waals surface area contributed by atoms with Gasteiger partial charge in [-0.15, -0.1) is 0 Å². The van der Waals surface area contributed by atoms with Crippen LogP contribution in [0.4, 0.5) is 0 Å². The monoisotopic (exact) mass is 306 g/mol. The quantitative estimate of drug-likeness (QED) is 0.688. The molecular weight excluding hydrogens is 288 g/mol. The molecule has 2 aromatic rings. The van der Waals surface area contributed by atoms with Gasteiger partial charge >= 0.3 is 0 Å². The first-order valence-corrected chi connectivity index (χ1v) is 7.39. The first kappa shape index (κ1) is 15.5. The maximum atomic E-state index is 12.0. The van der Waals surface area contributed by atoms with E-state index in [1.165, 1.54) is 0 Å². The van der Waals surface area contributed by atoms with Crippen molar-refractivity contribution >= 4 is 17.5 Å². The molecule has 0 aliphatic heterocycles. The minimum atomic E-state index is -0.167. The molecule has 0 aliphatic rings. The lowest BCUT2D eigenvalue weighted by atomic mass is 10.1. The Morgan fingerprint density at radius 3 is 2.86 bits per heavy atom. The van der Waals surface area contributed by atoms with Crippen LogP contribution in [-0.2, 0) is 0 Å². The van der Waals surface area contributed by atoms with E-state index >= 15 is 0 Å². The zero-order valence-electron chi connectivity index (χ0n) is 11.9. The third-order valence-corrected chi connectivity index (χ3v) is 3.32. The maximum absolute atomic E-state index is 12.0. The SMILES string of the molecule is CCCNCCNC(=O)c1cc(-c2ccccc2Cl)n[nH]1. The highest BCUT2D eigenvalue weighted by Gasteiger charge is 2.12. The van der Waals surface area contributed by atoms with E-state index in [0.717, 1.165) is 25.1 Å². The number of benzene rings is 1. The Balaban J connectivity index is 1.94. The Hall–Kier alpha value is -1.85. The van der Waals surface area contributed by atoms with Crippen molar-refractivity contribution in [2.24, 2.45) is 0 Å². The molecule has 0 atom stereocenters. The second kappa shape index (κ2) is 7.81. The van der Waals surface area contributed by atoms with Crippen molar-refractivity contribution in [2.45, 2.75) is 13.3 Å². The number of aromatic amines is 1. The summed E-state index contributed by atoms with van der Waals surface area (Å²) in [4.78, 5) is 12.0. The Bertz CT molecular complexity index is 597. The smallest absolute Gasteiger partial charge is 0.269 e. The van der Waals surface area contributed by atoms with E-state index in [4.69, 9.17) is 11.6 Å². The predicted molar refractivity (Wildman–Crippen MR) is 84.5 cm³/mol. The number of hydrogen-bond acceptors (Lipinski definition) is 3. The molecular formula is C15H19ClN4O. The van der Waals surface area contributed by atoms with Crippen LogP contribution in [0.25, 0.3) is 11.3 Å². The average Bonchev–Trinajstić information content (AvgIpc) is 2.97. The fourth-order valence-electron chi connectivity index (χ4n) is 1.91. The van der Waals surface area contributed by atoms with E-state index in [2.05, 4.69) is 27.8 Å². The molecule has 5 nitrogen and oxygen atoms in total. The Labute approximate surface area is 129 Å². The molecule has 0 unspecified atom stereocenters. The molecule has 21 heavy (non-hydrogen) atoms. The molecule has 1 amide bonds. The van der Waals surface area contributed by atoms with E-state index in [-0.39, 0.29) is 5.91 Å². The molecule has 0 radical (unpaired) electrons. The molecule has 0 saturated carbocycles. The molecule has 0 saturated heterocycles. The van der Waals surface area contributed by atoms with Gasteiger partial charge < -0.3 is 10.6 Å². The minimum absolute atomic E-state index is 0.167. The van der Waals surface area contributed by atoms with Gasteiger partial charge in [0.25, 0.3) is 5.91 Å². The highest BCUT2D eigenvalue weighted by molar-refractivity contribution is 6.33. The van der Waals surface area contributed by atoms with Crippen LogP contribution in [0.3, 0.4) is 0 Å². The molecule has 0 aliphatic carbocycles. The number of aromatic nitrogens is 2. The van der Waals surface area contributed by atoms with E-state index in [0.29, 0.717) is 23.0 Å². The number of carbonyl (C=O) groups excluding carboxylic acids is 1. The summed E-state index contributed by atoms with van der Waals surface area (Å²) in [6.07, 6.45) is 1.08. The van der Waals surface area contributed by atoms with Gasteiger partial charge in [-0.2, -0.15) is 5.10 Å². The summed E-state index contributed by atoms with van der Waals surface area (Å²) in [6.45, 7) is 4.40. The summed E-state index contributed by atoms with van der Waals surface area (Å²) in [6, 6.07) is 9.11. The van der Waals surface area contributed by atoms with E-state index in [1.807, 2.05) is 18.2 Å². The summed E-state index contributed by atoms with van der Waals surface area (Å²) in [5.74, 6) is -0.167. The van der Waals surface area contributed by atoms with Crippen molar-refractivity contribution in [1.82, 2.24) is 20.8 Å². The summed E-state index contributed by atoms with van der Waals surface area (Å²) in [5, 5.41) is 13.5. The number of rotatable bonds is 7. The summed E-state index contributed by atoms with van der Waals surface area (Å²) in [5.41, 5.74) is 1.90. The van der Waals surface area contributed by atoms with Gasteiger partial charge in [0, 0.05) is 18.7 Å². The molecule has 1 aromatic carbocycles. The Kier molecular flexibility index (Phi) is 5.78. The van der Waals surface area contributed by atoms with Gasteiger partial charge in [-0.05, 0) is 25.1 Å². The Morgan fingerprint density at radius 1 is 1.29 bits per heavy atom. The normalized spacial score (nSPS) is 10.6. The van der Waals surface area contributed by atoms with Gasteiger partial charge in [-0.25, -0.2) is 0 Å². The van der Waals surface area contributed by atoms with Crippen molar-refractivity contribution in [3.63, 3.8) is 0 Å². The fraction of sp³-hybridized carbons (Fsp3) is 0.333. The number of amides is 1. The van der Waals surface area contributed by atoms with Crippen LogP contribution in [-0.4, -0.2) is 35.7 Å². The van der Waals surface area contributed by atoms with Gasteiger partial charge in [-0.1, -0.05) is 36.7 Å². The van der Waals surface area contributed by atoms with Crippen LogP contribution < -0.4 is 10.6 Å². The van der Waals surface area contributed by atoms with Crippen LogP contribution in [0.5, 0.6) is 0 Å². The zero-order chi connectivity index (χ0) is 15.1. The molecule has 1 aromatic heterocycles. The van der Waals surface area contributed by atoms with Crippen LogP contribution in [0.2, 0.25) is 5.02 Å².